The fourth-order valence-corrected chi connectivity index (χ4v) is 4.67. The predicted molar refractivity (Wildman–Crippen MR) is 122 cm³/mol. The lowest BCUT2D eigenvalue weighted by Crippen LogP contribution is -2.22. The molecular weight excluding hydrogens is 394 g/mol. The Bertz CT molecular complexity index is 1500. The lowest BCUT2D eigenvalue weighted by molar-refractivity contribution is 0.549. The number of anilines is 2. The van der Waals surface area contributed by atoms with Gasteiger partial charge in [-0.3, -0.25) is 0 Å². The minimum atomic E-state index is -0.324. The fraction of sp³-hybridized carbons (Fsp3) is 0.0385. The van der Waals surface area contributed by atoms with Crippen LogP contribution < -0.4 is 10.9 Å². The Balaban J connectivity index is 1.76. The first kappa shape index (κ1) is 17.3. The first-order valence-electron chi connectivity index (χ1n) is 9.80. The maximum absolute atomic E-state index is 13.2. The zero-order valence-electron chi connectivity index (χ0n) is 15.9. The molecule has 0 amide bonds. The van der Waals surface area contributed by atoms with E-state index in [1.807, 2.05) is 60.7 Å². The molecule has 0 aliphatic carbocycles. The van der Waals surface area contributed by atoms with Gasteiger partial charge in [0.2, 0.25) is 0 Å². The molecule has 2 heterocycles. The van der Waals surface area contributed by atoms with Gasteiger partial charge < -0.3 is 9.73 Å². The molecule has 1 atom stereocenters. The first-order chi connectivity index (χ1) is 14.7. The minimum Gasteiger partial charge on any atom is -0.422 e. The van der Waals surface area contributed by atoms with E-state index in [4.69, 9.17) is 16.0 Å². The Morgan fingerprint density at radius 2 is 1.50 bits per heavy atom. The SMILES string of the molecule is O=c1oc2ccccc2c2c1C(c1ccc(Cl)cc1)c1c(ccc3ccccc13)N2. The molecule has 0 radical (unpaired) electrons. The van der Waals surface area contributed by atoms with Crippen molar-refractivity contribution in [3.05, 3.63) is 117 Å². The summed E-state index contributed by atoms with van der Waals surface area (Å²) in [5.74, 6) is -0.263. The smallest absolute Gasteiger partial charge is 0.342 e. The molecule has 144 valence electrons. The van der Waals surface area contributed by atoms with E-state index in [2.05, 4.69) is 29.6 Å². The van der Waals surface area contributed by atoms with E-state index >= 15 is 0 Å². The first-order valence-corrected chi connectivity index (χ1v) is 10.2. The Kier molecular flexibility index (Phi) is 3.74. The Morgan fingerprint density at radius 3 is 2.33 bits per heavy atom. The van der Waals surface area contributed by atoms with Gasteiger partial charge in [0.15, 0.2) is 0 Å². The number of nitrogens with one attached hydrogen (secondary N) is 1. The summed E-state index contributed by atoms with van der Waals surface area (Å²) in [6, 6.07) is 27.8. The van der Waals surface area contributed by atoms with Crippen LogP contribution in [0.3, 0.4) is 0 Å². The number of halogens is 1. The summed E-state index contributed by atoms with van der Waals surface area (Å²) in [5.41, 5.74) is 4.76. The van der Waals surface area contributed by atoms with E-state index in [1.54, 1.807) is 0 Å². The summed E-state index contributed by atoms with van der Waals surface area (Å²) in [5, 5.41) is 7.34. The lowest BCUT2D eigenvalue weighted by atomic mass is 9.79. The van der Waals surface area contributed by atoms with Crippen molar-refractivity contribution in [2.45, 2.75) is 5.92 Å². The lowest BCUT2D eigenvalue weighted by Gasteiger charge is -2.30. The van der Waals surface area contributed by atoms with Gasteiger partial charge in [0.25, 0.3) is 0 Å². The van der Waals surface area contributed by atoms with Crippen LogP contribution >= 0.6 is 11.6 Å². The van der Waals surface area contributed by atoms with Crippen LogP contribution in [0.4, 0.5) is 11.4 Å². The molecule has 5 aromatic rings. The molecule has 0 fully saturated rings. The van der Waals surface area contributed by atoms with Gasteiger partial charge in [0, 0.05) is 22.0 Å². The molecule has 1 aromatic heterocycles. The second-order valence-corrected chi connectivity index (χ2v) is 7.97. The monoisotopic (exact) mass is 409 g/mol. The van der Waals surface area contributed by atoms with E-state index in [9.17, 15) is 4.79 Å². The summed E-state index contributed by atoms with van der Waals surface area (Å²) >= 11 is 6.16. The van der Waals surface area contributed by atoms with Crippen molar-refractivity contribution >= 4 is 44.7 Å². The zero-order valence-corrected chi connectivity index (χ0v) is 16.6. The van der Waals surface area contributed by atoms with Crippen molar-refractivity contribution in [2.75, 3.05) is 5.32 Å². The number of hydrogen-bond acceptors (Lipinski definition) is 3. The third kappa shape index (κ3) is 2.49. The standard InChI is InChI=1S/C26H16ClNO2/c27-17-12-9-16(10-13-17)22-23-18-6-2-1-5-15(18)11-14-20(23)28-25-19-7-3-4-8-21(19)30-26(29)24(22)25/h1-14,22,28H. The van der Waals surface area contributed by atoms with E-state index in [0.717, 1.165) is 38.7 Å². The van der Waals surface area contributed by atoms with Crippen molar-refractivity contribution in [3.8, 4) is 0 Å². The number of benzene rings is 4. The van der Waals surface area contributed by atoms with Gasteiger partial charge in [0.1, 0.15) is 5.58 Å². The van der Waals surface area contributed by atoms with Crippen molar-refractivity contribution in [1.82, 2.24) is 0 Å². The van der Waals surface area contributed by atoms with E-state index in [1.165, 1.54) is 0 Å². The second kappa shape index (κ2) is 6.48. The summed E-state index contributed by atoms with van der Waals surface area (Å²) in [4.78, 5) is 13.2. The molecule has 30 heavy (non-hydrogen) atoms. The van der Waals surface area contributed by atoms with Crippen LogP contribution in [0, 0.1) is 0 Å². The van der Waals surface area contributed by atoms with Crippen LogP contribution in [0.5, 0.6) is 0 Å². The van der Waals surface area contributed by atoms with Crippen LogP contribution in [-0.2, 0) is 0 Å². The molecular formula is C26H16ClNO2. The average Bonchev–Trinajstić information content (AvgIpc) is 2.78. The Labute approximate surface area is 177 Å². The quantitative estimate of drug-likeness (QED) is 0.302. The number of fused-ring (bicyclic) bond motifs is 6. The van der Waals surface area contributed by atoms with E-state index in [0.29, 0.717) is 16.2 Å². The molecule has 0 spiro atoms. The van der Waals surface area contributed by atoms with Gasteiger partial charge in [-0.2, -0.15) is 0 Å². The summed E-state index contributed by atoms with van der Waals surface area (Å²) in [6.07, 6.45) is 0. The molecule has 4 aromatic carbocycles. The predicted octanol–water partition coefficient (Wildman–Crippen LogP) is 6.84. The molecule has 3 nitrogen and oxygen atoms in total. The Morgan fingerprint density at radius 1 is 0.767 bits per heavy atom. The van der Waals surface area contributed by atoms with E-state index in [-0.39, 0.29) is 11.5 Å². The number of para-hydroxylation sites is 1. The molecule has 1 N–H and O–H groups in total. The van der Waals surface area contributed by atoms with Gasteiger partial charge in [0.05, 0.1) is 11.3 Å². The van der Waals surface area contributed by atoms with Crippen LogP contribution in [0.15, 0.2) is 94.1 Å². The summed E-state index contributed by atoms with van der Waals surface area (Å²) in [6.45, 7) is 0. The molecule has 0 saturated heterocycles. The van der Waals surface area contributed by atoms with Crippen molar-refractivity contribution < 1.29 is 4.42 Å². The fourth-order valence-electron chi connectivity index (χ4n) is 4.54. The maximum Gasteiger partial charge on any atom is 0.342 e. The third-order valence-electron chi connectivity index (χ3n) is 5.86. The summed E-state index contributed by atoms with van der Waals surface area (Å²) < 4.78 is 5.74. The number of rotatable bonds is 1. The van der Waals surface area contributed by atoms with E-state index < -0.39 is 0 Å². The molecule has 1 unspecified atom stereocenters. The average molecular weight is 410 g/mol. The molecule has 4 heteroatoms. The number of hydrogen-bond donors (Lipinski definition) is 1. The maximum atomic E-state index is 13.2. The van der Waals surface area contributed by atoms with Crippen LogP contribution in [0.1, 0.15) is 22.6 Å². The molecule has 1 aliphatic rings. The van der Waals surface area contributed by atoms with Gasteiger partial charge >= 0.3 is 5.63 Å². The van der Waals surface area contributed by atoms with Crippen molar-refractivity contribution in [1.29, 1.82) is 0 Å². The topological polar surface area (TPSA) is 42.2 Å². The van der Waals surface area contributed by atoms with Gasteiger partial charge in [-0.05, 0) is 52.2 Å². The van der Waals surface area contributed by atoms with Crippen LogP contribution in [-0.4, -0.2) is 0 Å². The Hall–Kier alpha value is -3.56. The molecule has 1 aliphatic heterocycles. The van der Waals surface area contributed by atoms with Crippen LogP contribution in [0.2, 0.25) is 5.02 Å². The van der Waals surface area contributed by atoms with Crippen molar-refractivity contribution in [2.24, 2.45) is 0 Å². The molecule has 0 saturated carbocycles. The van der Waals surface area contributed by atoms with Gasteiger partial charge in [-0.1, -0.05) is 66.2 Å². The highest BCUT2D eigenvalue weighted by Gasteiger charge is 2.33. The normalized spacial score (nSPS) is 14.9. The zero-order chi connectivity index (χ0) is 20.2. The van der Waals surface area contributed by atoms with Crippen LogP contribution in [0.25, 0.3) is 21.7 Å². The second-order valence-electron chi connectivity index (χ2n) is 7.53. The third-order valence-corrected chi connectivity index (χ3v) is 6.11. The molecule has 0 bridgehead atoms. The van der Waals surface area contributed by atoms with Gasteiger partial charge in [-0.15, -0.1) is 0 Å². The highest BCUT2D eigenvalue weighted by atomic mass is 35.5. The molecule has 6 rings (SSSR count). The highest BCUT2D eigenvalue weighted by molar-refractivity contribution is 6.30. The van der Waals surface area contributed by atoms with Gasteiger partial charge in [-0.25, -0.2) is 4.79 Å². The summed E-state index contributed by atoms with van der Waals surface area (Å²) in [7, 11) is 0. The minimum absolute atomic E-state index is 0.263. The van der Waals surface area contributed by atoms with Crippen molar-refractivity contribution in [3.63, 3.8) is 0 Å². The highest BCUT2D eigenvalue weighted by Crippen LogP contribution is 2.48. The largest absolute Gasteiger partial charge is 0.422 e.